The molecule has 2 amide bonds. The summed E-state index contributed by atoms with van der Waals surface area (Å²) < 4.78 is 10.1. The smallest absolute Gasteiger partial charge is 0.410 e. The highest BCUT2D eigenvalue weighted by atomic mass is 16.6. The molecule has 1 N–H and O–H groups in total. The van der Waals surface area contributed by atoms with Gasteiger partial charge in [-0.2, -0.15) is 0 Å². The van der Waals surface area contributed by atoms with Crippen LogP contribution in [0.15, 0.2) is 43.0 Å². The molecule has 0 bridgehead atoms. The molecule has 2 rings (SSSR count). The van der Waals surface area contributed by atoms with Crippen molar-refractivity contribution < 1.29 is 23.9 Å². The zero-order valence-corrected chi connectivity index (χ0v) is 16.3. The van der Waals surface area contributed by atoms with Crippen molar-refractivity contribution >= 4 is 18.0 Å². The minimum absolute atomic E-state index is 0.150. The fourth-order valence-electron chi connectivity index (χ4n) is 3.19. The van der Waals surface area contributed by atoms with Crippen molar-refractivity contribution in [1.82, 2.24) is 10.2 Å². The molecule has 28 heavy (non-hydrogen) atoms. The number of carbonyl (C=O) groups is 3. The number of unbranched alkanes of at least 4 members (excludes halogenated alkanes) is 1. The van der Waals surface area contributed by atoms with E-state index in [4.69, 9.17) is 9.47 Å². The summed E-state index contributed by atoms with van der Waals surface area (Å²) in [5, 5.41) is 2.73. The number of methoxy groups -OCH3 is 1. The third-order valence-corrected chi connectivity index (χ3v) is 4.70. The predicted molar refractivity (Wildman–Crippen MR) is 104 cm³/mol. The maximum Gasteiger partial charge on any atom is 0.410 e. The van der Waals surface area contributed by atoms with E-state index < -0.39 is 24.1 Å². The molecule has 1 heterocycles. The lowest BCUT2D eigenvalue weighted by atomic mass is 10.1. The van der Waals surface area contributed by atoms with Gasteiger partial charge in [0.1, 0.15) is 18.7 Å². The third-order valence-electron chi connectivity index (χ3n) is 4.70. The van der Waals surface area contributed by atoms with Crippen LogP contribution in [-0.2, 0) is 25.7 Å². The Kier molecular flexibility index (Phi) is 8.52. The minimum Gasteiger partial charge on any atom is -0.467 e. The molecule has 7 heteroatoms. The van der Waals surface area contributed by atoms with Gasteiger partial charge in [0, 0.05) is 6.54 Å². The van der Waals surface area contributed by atoms with E-state index in [9.17, 15) is 14.4 Å². The monoisotopic (exact) mass is 388 g/mol. The topological polar surface area (TPSA) is 84.9 Å². The number of allylic oxidation sites excluding steroid dienone is 1. The Labute approximate surface area is 165 Å². The van der Waals surface area contributed by atoms with Crippen molar-refractivity contribution in [3.8, 4) is 0 Å². The SMILES string of the molecule is C=CCCC[C@H](NC(=O)[C@H]1CCCN1C(=O)OCc1ccccc1)C(=O)OC. The first kappa shape index (κ1) is 21.5. The Morgan fingerprint density at radius 3 is 2.75 bits per heavy atom. The fourth-order valence-corrected chi connectivity index (χ4v) is 3.19. The van der Waals surface area contributed by atoms with Crippen molar-refractivity contribution in [3.63, 3.8) is 0 Å². The summed E-state index contributed by atoms with van der Waals surface area (Å²) in [5.41, 5.74) is 0.879. The number of amides is 2. The van der Waals surface area contributed by atoms with E-state index >= 15 is 0 Å². The molecule has 1 aromatic rings. The summed E-state index contributed by atoms with van der Waals surface area (Å²) in [6.07, 6.45) is 4.38. The van der Waals surface area contributed by atoms with Gasteiger partial charge in [0.2, 0.25) is 5.91 Å². The van der Waals surface area contributed by atoms with E-state index in [1.165, 1.54) is 12.0 Å². The summed E-state index contributed by atoms with van der Waals surface area (Å²) in [6.45, 7) is 4.25. The zero-order chi connectivity index (χ0) is 20.4. The second-order valence-electron chi connectivity index (χ2n) is 6.70. The lowest BCUT2D eigenvalue weighted by molar-refractivity contribution is -0.145. The second kappa shape index (κ2) is 11.1. The number of hydrogen-bond donors (Lipinski definition) is 1. The summed E-state index contributed by atoms with van der Waals surface area (Å²) in [7, 11) is 1.29. The van der Waals surface area contributed by atoms with Gasteiger partial charge in [0.05, 0.1) is 7.11 Å². The molecule has 1 saturated heterocycles. The Hall–Kier alpha value is -2.83. The third kappa shape index (κ3) is 6.11. The van der Waals surface area contributed by atoms with Crippen LogP contribution in [0.25, 0.3) is 0 Å². The van der Waals surface area contributed by atoms with Gasteiger partial charge in [-0.05, 0) is 37.7 Å². The number of carbonyl (C=O) groups excluding carboxylic acids is 3. The molecule has 0 aliphatic carbocycles. The van der Waals surface area contributed by atoms with Crippen LogP contribution in [0.3, 0.4) is 0 Å². The molecular formula is C21H28N2O5. The number of nitrogens with zero attached hydrogens (tertiary/aromatic N) is 1. The Bertz CT molecular complexity index is 677. The van der Waals surface area contributed by atoms with Crippen LogP contribution in [0.4, 0.5) is 4.79 Å². The molecule has 1 aliphatic rings. The van der Waals surface area contributed by atoms with Crippen molar-refractivity contribution in [2.75, 3.05) is 13.7 Å². The predicted octanol–water partition coefficient (Wildman–Crippen LogP) is 2.80. The van der Waals surface area contributed by atoms with E-state index in [0.29, 0.717) is 32.2 Å². The summed E-state index contributed by atoms with van der Waals surface area (Å²) in [5.74, 6) is -0.850. The quantitative estimate of drug-likeness (QED) is 0.399. The number of nitrogens with one attached hydrogen (secondary N) is 1. The van der Waals surface area contributed by atoms with Gasteiger partial charge in [0.25, 0.3) is 0 Å². The van der Waals surface area contributed by atoms with Gasteiger partial charge in [-0.1, -0.05) is 36.4 Å². The van der Waals surface area contributed by atoms with Crippen molar-refractivity contribution in [2.24, 2.45) is 0 Å². The maximum absolute atomic E-state index is 12.7. The molecule has 1 fully saturated rings. The largest absolute Gasteiger partial charge is 0.467 e. The van der Waals surface area contributed by atoms with Gasteiger partial charge in [-0.25, -0.2) is 9.59 Å². The van der Waals surface area contributed by atoms with Crippen LogP contribution < -0.4 is 5.32 Å². The van der Waals surface area contributed by atoms with Crippen molar-refractivity contribution in [3.05, 3.63) is 48.6 Å². The summed E-state index contributed by atoms with van der Waals surface area (Å²) in [6, 6.07) is 7.98. The second-order valence-corrected chi connectivity index (χ2v) is 6.70. The average Bonchev–Trinajstić information content (AvgIpc) is 3.21. The molecular weight excluding hydrogens is 360 g/mol. The number of ether oxygens (including phenoxy) is 2. The van der Waals surface area contributed by atoms with Crippen LogP contribution in [0.1, 0.15) is 37.7 Å². The molecule has 1 aromatic carbocycles. The maximum atomic E-state index is 12.7. The first-order valence-corrected chi connectivity index (χ1v) is 9.53. The Morgan fingerprint density at radius 2 is 2.07 bits per heavy atom. The molecule has 1 aliphatic heterocycles. The lowest BCUT2D eigenvalue weighted by Gasteiger charge is -2.25. The van der Waals surface area contributed by atoms with Gasteiger partial charge in [-0.3, -0.25) is 9.69 Å². The average molecular weight is 388 g/mol. The van der Waals surface area contributed by atoms with Crippen LogP contribution in [0, 0.1) is 0 Å². The number of hydrogen-bond acceptors (Lipinski definition) is 5. The fraction of sp³-hybridized carbons (Fsp3) is 0.476. The van der Waals surface area contributed by atoms with Crippen LogP contribution in [0.2, 0.25) is 0 Å². The first-order valence-electron chi connectivity index (χ1n) is 9.53. The molecule has 0 aromatic heterocycles. The van der Waals surface area contributed by atoms with Gasteiger partial charge in [0.15, 0.2) is 0 Å². The highest BCUT2D eigenvalue weighted by Crippen LogP contribution is 2.19. The highest BCUT2D eigenvalue weighted by Gasteiger charge is 2.36. The van der Waals surface area contributed by atoms with E-state index in [1.54, 1.807) is 6.08 Å². The van der Waals surface area contributed by atoms with E-state index in [-0.39, 0.29) is 12.5 Å². The number of benzene rings is 1. The minimum atomic E-state index is -0.736. The summed E-state index contributed by atoms with van der Waals surface area (Å²) in [4.78, 5) is 38.5. The van der Waals surface area contributed by atoms with Gasteiger partial charge >= 0.3 is 12.1 Å². The molecule has 2 atom stereocenters. The van der Waals surface area contributed by atoms with Crippen molar-refractivity contribution in [1.29, 1.82) is 0 Å². The standard InChI is InChI=1S/C21H28N2O5/c1-3-4-6-12-17(20(25)27-2)22-19(24)18-13-9-14-23(18)21(26)28-15-16-10-7-5-8-11-16/h3,5,7-8,10-11,17-18H,1,4,6,9,12-15H2,2H3,(H,22,24)/t17-,18+/m0/s1. The Morgan fingerprint density at radius 1 is 1.32 bits per heavy atom. The van der Waals surface area contributed by atoms with Crippen LogP contribution in [-0.4, -0.2) is 48.6 Å². The normalized spacial score (nSPS) is 16.9. The zero-order valence-electron chi connectivity index (χ0n) is 16.3. The Balaban J connectivity index is 1.93. The molecule has 152 valence electrons. The molecule has 0 saturated carbocycles. The molecule has 7 nitrogen and oxygen atoms in total. The van der Waals surface area contributed by atoms with Gasteiger partial charge < -0.3 is 14.8 Å². The highest BCUT2D eigenvalue weighted by molar-refractivity contribution is 5.90. The van der Waals surface area contributed by atoms with E-state index in [2.05, 4.69) is 11.9 Å². The molecule has 0 spiro atoms. The van der Waals surface area contributed by atoms with Crippen molar-refractivity contribution in [2.45, 2.75) is 50.8 Å². The van der Waals surface area contributed by atoms with Gasteiger partial charge in [-0.15, -0.1) is 6.58 Å². The number of esters is 1. The van der Waals surface area contributed by atoms with Crippen LogP contribution in [0.5, 0.6) is 0 Å². The van der Waals surface area contributed by atoms with E-state index in [1.807, 2.05) is 30.3 Å². The number of rotatable bonds is 9. The molecule has 0 radical (unpaired) electrons. The lowest BCUT2D eigenvalue weighted by Crippen LogP contribution is -2.51. The first-order chi connectivity index (χ1) is 13.6. The molecule has 0 unspecified atom stereocenters. The van der Waals surface area contributed by atoms with E-state index in [0.717, 1.165) is 12.0 Å². The summed E-state index contributed by atoms with van der Waals surface area (Å²) >= 11 is 0. The number of likely N-dealkylation sites (tertiary alicyclic amines) is 1. The van der Waals surface area contributed by atoms with Crippen LogP contribution >= 0.6 is 0 Å².